The van der Waals surface area contributed by atoms with Gasteiger partial charge in [-0.3, -0.25) is 0 Å². The van der Waals surface area contributed by atoms with Crippen LogP contribution in [0.3, 0.4) is 0 Å². The molecule has 0 aliphatic rings. The summed E-state index contributed by atoms with van der Waals surface area (Å²) in [4.78, 5) is 0. The maximum Gasteiger partial charge on any atom is 0.378 e. The lowest BCUT2D eigenvalue weighted by Gasteiger charge is -2.31. The molecule has 0 saturated heterocycles. The normalized spacial score (nSPS) is 20.9. The molecular formula is C6H10BF3O. The van der Waals surface area contributed by atoms with Gasteiger partial charge in [-0.1, -0.05) is 20.3 Å². The van der Waals surface area contributed by atoms with Gasteiger partial charge >= 0.3 is 6.11 Å². The number of aliphatic hydroxyl groups is 1. The SMILES string of the molecule is [B]C(F)(C(C)CC)C(O)(F)F. The Bertz CT molecular complexity index is 132. The first-order valence-corrected chi connectivity index (χ1v) is 3.31. The molecule has 0 aromatic carbocycles. The standard InChI is InChI=1S/C6H10BF3O/c1-3-4(2)5(7,8)6(9,10)11/h4,11H,3H2,1-2H3. The summed E-state index contributed by atoms with van der Waals surface area (Å²) >= 11 is 0. The van der Waals surface area contributed by atoms with Crippen LogP contribution in [0.2, 0.25) is 0 Å². The van der Waals surface area contributed by atoms with Crippen LogP contribution >= 0.6 is 0 Å². The highest BCUT2D eigenvalue weighted by molar-refractivity contribution is 6.15. The summed E-state index contributed by atoms with van der Waals surface area (Å²) < 4.78 is 36.8. The Morgan fingerprint density at radius 1 is 1.45 bits per heavy atom. The monoisotopic (exact) mass is 166 g/mol. The molecule has 0 saturated carbocycles. The second-order valence-electron chi connectivity index (χ2n) is 2.62. The van der Waals surface area contributed by atoms with Gasteiger partial charge < -0.3 is 5.11 Å². The second-order valence-corrected chi connectivity index (χ2v) is 2.62. The third-order valence-corrected chi connectivity index (χ3v) is 1.79. The molecule has 0 heterocycles. The molecule has 2 radical (unpaired) electrons. The van der Waals surface area contributed by atoms with Crippen molar-refractivity contribution in [2.45, 2.75) is 31.9 Å². The first kappa shape index (κ1) is 10.8. The van der Waals surface area contributed by atoms with Crippen molar-refractivity contribution >= 4 is 7.85 Å². The van der Waals surface area contributed by atoms with Crippen molar-refractivity contribution in [2.24, 2.45) is 5.92 Å². The molecule has 11 heavy (non-hydrogen) atoms. The summed E-state index contributed by atoms with van der Waals surface area (Å²) in [5, 5.41) is 8.01. The van der Waals surface area contributed by atoms with Crippen LogP contribution in [0.25, 0.3) is 0 Å². The zero-order valence-electron chi connectivity index (χ0n) is 6.44. The molecule has 0 aliphatic carbocycles. The molecule has 5 heteroatoms. The lowest BCUT2D eigenvalue weighted by Crippen LogP contribution is -2.49. The molecule has 0 aliphatic heterocycles. The van der Waals surface area contributed by atoms with E-state index in [1.54, 1.807) is 0 Å². The predicted octanol–water partition coefficient (Wildman–Crippen LogP) is 1.45. The van der Waals surface area contributed by atoms with E-state index in [-0.39, 0.29) is 6.42 Å². The van der Waals surface area contributed by atoms with Crippen LogP contribution in [-0.4, -0.2) is 24.6 Å². The molecule has 0 spiro atoms. The molecule has 64 valence electrons. The van der Waals surface area contributed by atoms with E-state index in [1.165, 1.54) is 13.8 Å². The van der Waals surface area contributed by atoms with Crippen LogP contribution < -0.4 is 0 Å². The number of rotatable bonds is 3. The predicted molar refractivity (Wildman–Crippen MR) is 36.2 cm³/mol. The van der Waals surface area contributed by atoms with Crippen molar-refractivity contribution in [3.05, 3.63) is 0 Å². The van der Waals surface area contributed by atoms with Gasteiger partial charge in [-0.2, -0.15) is 8.78 Å². The number of hydrogen-bond donors (Lipinski definition) is 1. The van der Waals surface area contributed by atoms with Crippen LogP contribution in [-0.2, 0) is 0 Å². The minimum atomic E-state index is -4.47. The maximum atomic E-state index is 12.8. The summed E-state index contributed by atoms with van der Waals surface area (Å²) in [5.74, 6) is -1.08. The fraction of sp³-hybridized carbons (Fsp3) is 1.00. The number of hydrogen-bond acceptors (Lipinski definition) is 1. The van der Waals surface area contributed by atoms with E-state index < -0.39 is 17.6 Å². The van der Waals surface area contributed by atoms with E-state index in [1.807, 2.05) is 0 Å². The highest BCUT2D eigenvalue weighted by atomic mass is 19.3. The molecule has 0 rings (SSSR count). The summed E-state index contributed by atoms with van der Waals surface area (Å²) in [6.45, 7) is 2.72. The minimum Gasteiger partial charge on any atom is -0.334 e. The average molecular weight is 166 g/mol. The van der Waals surface area contributed by atoms with E-state index in [4.69, 9.17) is 5.11 Å². The molecule has 2 unspecified atom stereocenters. The van der Waals surface area contributed by atoms with Crippen molar-refractivity contribution in [3.63, 3.8) is 0 Å². The minimum absolute atomic E-state index is 0.142. The fourth-order valence-electron chi connectivity index (χ4n) is 0.594. The van der Waals surface area contributed by atoms with E-state index in [0.717, 1.165) is 0 Å². The Hall–Kier alpha value is -0.185. The lowest BCUT2D eigenvalue weighted by molar-refractivity contribution is -0.267. The van der Waals surface area contributed by atoms with Crippen LogP contribution in [0, 0.1) is 5.92 Å². The number of halogens is 3. The summed E-state index contributed by atoms with van der Waals surface area (Å²) in [5.41, 5.74) is -3.33. The quantitative estimate of drug-likeness (QED) is 0.629. The van der Waals surface area contributed by atoms with Crippen molar-refractivity contribution in [1.29, 1.82) is 0 Å². The van der Waals surface area contributed by atoms with Gasteiger partial charge in [0.2, 0.25) is 0 Å². The van der Waals surface area contributed by atoms with Gasteiger partial charge in [-0.15, -0.1) is 0 Å². The molecule has 2 atom stereocenters. The van der Waals surface area contributed by atoms with E-state index >= 15 is 0 Å². The van der Waals surface area contributed by atoms with Gasteiger partial charge in [0, 0.05) is 0 Å². The van der Waals surface area contributed by atoms with Crippen molar-refractivity contribution in [1.82, 2.24) is 0 Å². The Morgan fingerprint density at radius 3 is 1.91 bits per heavy atom. The first-order chi connectivity index (χ1) is 4.73. The third kappa shape index (κ3) is 2.12. The fourth-order valence-corrected chi connectivity index (χ4v) is 0.594. The van der Waals surface area contributed by atoms with E-state index in [2.05, 4.69) is 7.85 Å². The van der Waals surface area contributed by atoms with Gasteiger partial charge in [0.1, 0.15) is 7.85 Å². The Morgan fingerprint density at radius 2 is 1.82 bits per heavy atom. The van der Waals surface area contributed by atoms with Crippen molar-refractivity contribution < 1.29 is 18.3 Å². The van der Waals surface area contributed by atoms with Gasteiger partial charge in [-0.25, -0.2) is 4.39 Å². The highest BCUT2D eigenvalue weighted by Crippen LogP contribution is 2.34. The number of alkyl halides is 3. The Balaban J connectivity index is 4.45. The van der Waals surface area contributed by atoms with Crippen molar-refractivity contribution in [2.75, 3.05) is 0 Å². The van der Waals surface area contributed by atoms with E-state index in [9.17, 15) is 13.2 Å². The topological polar surface area (TPSA) is 20.2 Å². The van der Waals surface area contributed by atoms with Gasteiger partial charge in [0.05, 0.1) is 0 Å². The van der Waals surface area contributed by atoms with Crippen LogP contribution in [0.1, 0.15) is 20.3 Å². The maximum absolute atomic E-state index is 12.8. The largest absolute Gasteiger partial charge is 0.378 e. The molecular weight excluding hydrogens is 156 g/mol. The summed E-state index contributed by atoms with van der Waals surface area (Å²) in [6, 6.07) is 0. The Kier molecular flexibility index (Phi) is 3.00. The third-order valence-electron chi connectivity index (χ3n) is 1.79. The van der Waals surface area contributed by atoms with Crippen molar-refractivity contribution in [3.8, 4) is 0 Å². The smallest absolute Gasteiger partial charge is 0.334 e. The highest BCUT2D eigenvalue weighted by Gasteiger charge is 2.51. The molecule has 0 bridgehead atoms. The molecule has 0 aromatic rings. The second kappa shape index (κ2) is 3.05. The van der Waals surface area contributed by atoms with Gasteiger partial charge in [-0.05, 0) is 5.92 Å². The van der Waals surface area contributed by atoms with E-state index in [0.29, 0.717) is 0 Å². The average Bonchev–Trinajstić information content (AvgIpc) is 1.83. The lowest BCUT2D eigenvalue weighted by atomic mass is 9.72. The molecule has 1 N–H and O–H groups in total. The molecule has 1 nitrogen and oxygen atoms in total. The van der Waals surface area contributed by atoms with Crippen LogP contribution in [0.5, 0.6) is 0 Å². The zero-order chi connectivity index (χ0) is 9.28. The zero-order valence-corrected chi connectivity index (χ0v) is 6.44. The molecule has 0 aromatic heterocycles. The summed E-state index contributed by atoms with van der Waals surface area (Å²) in [7, 11) is 4.58. The molecule has 0 fully saturated rings. The summed E-state index contributed by atoms with van der Waals surface area (Å²) in [6.07, 6.45) is -4.33. The van der Waals surface area contributed by atoms with Gasteiger partial charge in [0.25, 0.3) is 0 Å². The van der Waals surface area contributed by atoms with Gasteiger partial charge in [0.15, 0.2) is 5.57 Å². The van der Waals surface area contributed by atoms with Crippen LogP contribution in [0.15, 0.2) is 0 Å². The Labute approximate surface area is 65.0 Å². The van der Waals surface area contributed by atoms with Crippen LogP contribution in [0.4, 0.5) is 13.2 Å². The first-order valence-electron chi connectivity index (χ1n) is 3.31. The molecule has 0 amide bonds.